The van der Waals surface area contributed by atoms with Gasteiger partial charge in [0.15, 0.2) is 5.82 Å². The molecule has 0 spiro atoms. The lowest BCUT2D eigenvalue weighted by Gasteiger charge is -2.36. The molecule has 30 heavy (non-hydrogen) atoms. The van der Waals surface area contributed by atoms with E-state index >= 15 is 0 Å². The molecular formula is C26H26N4. The number of aromatic nitrogens is 2. The van der Waals surface area contributed by atoms with Crippen LogP contribution >= 0.6 is 0 Å². The second-order valence-electron chi connectivity index (χ2n) is 8.00. The van der Waals surface area contributed by atoms with Crippen molar-refractivity contribution in [1.82, 2.24) is 14.9 Å². The second-order valence-corrected chi connectivity index (χ2v) is 8.00. The van der Waals surface area contributed by atoms with Crippen molar-refractivity contribution in [1.29, 1.82) is 0 Å². The average molecular weight is 395 g/mol. The van der Waals surface area contributed by atoms with Gasteiger partial charge in [-0.3, -0.25) is 4.90 Å². The van der Waals surface area contributed by atoms with Crippen LogP contribution in [0.4, 0.5) is 5.82 Å². The number of anilines is 1. The van der Waals surface area contributed by atoms with Gasteiger partial charge in [-0.15, -0.1) is 0 Å². The summed E-state index contributed by atoms with van der Waals surface area (Å²) >= 11 is 0. The molecule has 4 heteroatoms. The summed E-state index contributed by atoms with van der Waals surface area (Å²) in [5.41, 5.74) is 4.69. The standard InChI is InChI=1S/C26H26N4/c1-20-11-13-22(14-12-20)25-27-24-10-6-5-9-23(24)26(28-25)30-17-15-29(16-18-30)19-21-7-3-2-4-8-21/h2-14H,15-19H2,1H3. The fourth-order valence-electron chi connectivity index (χ4n) is 4.09. The summed E-state index contributed by atoms with van der Waals surface area (Å²) in [6.45, 7) is 7.13. The van der Waals surface area contributed by atoms with E-state index in [9.17, 15) is 0 Å². The molecule has 1 aliphatic heterocycles. The van der Waals surface area contributed by atoms with Crippen molar-refractivity contribution in [2.45, 2.75) is 13.5 Å². The molecule has 1 aromatic heterocycles. The molecule has 0 bridgehead atoms. The van der Waals surface area contributed by atoms with Gasteiger partial charge in [0.25, 0.3) is 0 Å². The molecule has 1 aliphatic rings. The molecule has 0 atom stereocenters. The van der Waals surface area contributed by atoms with Crippen LogP contribution in [0.5, 0.6) is 0 Å². The van der Waals surface area contributed by atoms with E-state index in [4.69, 9.17) is 9.97 Å². The van der Waals surface area contributed by atoms with Crippen LogP contribution in [0.2, 0.25) is 0 Å². The Morgan fingerprint density at radius 1 is 0.733 bits per heavy atom. The molecule has 0 N–H and O–H groups in total. The summed E-state index contributed by atoms with van der Waals surface area (Å²) in [4.78, 5) is 14.8. The third kappa shape index (κ3) is 3.91. The molecule has 0 amide bonds. The van der Waals surface area contributed by atoms with Crippen LogP contribution in [0.15, 0.2) is 78.9 Å². The number of fused-ring (bicyclic) bond motifs is 1. The highest BCUT2D eigenvalue weighted by Crippen LogP contribution is 2.28. The zero-order chi connectivity index (χ0) is 20.3. The minimum absolute atomic E-state index is 0.801. The molecule has 5 rings (SSSR count). The first-order valence-electron chi connectivity index (χ1n) is 10.6. The molecule has 1 fully saturated rings. The third-order valence-corrected chi connectivity index (χ3v) is 5.81. The zero-order valence-corrected chi connectivity index (χ0v) is 17.3. The van der Waals surface area contributed by atoms with Gasteiger partial charge in [0.1, 0.15) is 5.82 Å². The fourth-order valence-corrected chi connectivity index (χ4v) is 4.09. The van der Waals surface area contributed by atoms with Crippen molar-refractivity contribution in [3.05, 3.63) is 90.0 Å². The van der Waals surface area contributed by atoms with Crippen molar-refractivity contribution in [2.24, 2.45) is 0 Å². The Morgan fingerprint density at radius 3 is 2.20 bits per heavy atom. The smallest absolute Gasteiger partial charge is 0.162 e. The molecule has 150 valence electrons. The van der Waals surface area contributed by atoms with E-state index in [0.717, 1.165) is 60.8 Å². The first kappa shape index (κ1) is 18.8. The van der Waals surface area contributed by atoms with E-state index in [1.807, 2.05) is 0 Å². The van der Waals surface area contributed by atoms with Crippen molar-refractivity contribution < 1.29 is 0 Å². The topological polar surface area (TPSA) is 32.3 Å². The lowest BCUT2D eigenvalue weighted by atomic mass is 10.1. The van der Waals surface area contributed by atoms with Gasteiger partial charge < -0.3 is 4.90 Å². The van der Waals surface area contributed by atoms with Crippen molar-refractivity contribution >= 4 is 16.7 Å². The number of piperazine rings is 1. The number of para-hydroxylation sites is 1. The highest BCUT2D eigenvalue weighted by molar-refractivity contribution is 5.91. The highest BCUT2D eigenvalue weighted by Gasteiger charge is 2.21. The van der Waals surface area contributed by atoms with Gasteiger partial charge in [0.2, 0.25) is 0 Å². The Labute approximate surface area is 177 Å². The Hall–Kier alpha value is -3.24. The number of benzene rings is 3. The molecule has 0 saturated carbocycles. The highest BCUT2D eigenvalue weighted by atomic mass is 15.3. The quantitative estimate of drug-likeness (QED) is 0.491. The Kier molecular flexibility index (Phi) is 5.16. The van der Waals surface area contributed by atoms with Gasteiger partial charge in [-0.25, -0.2) is 9.97 Å². The molecule has 1 saturated heterocycles. The summed E-state index contributed by atoms with van der Waals surface area (Å²) in [6, 6.07) is 27.5. The Balaban J connectivity index is 1.42. The predicted octanol–water partition coefficient (Wildman–Crippen LogP) is 4.93. The van der Waals surface area contributed by atoms with Crippen LogP contribution in [0.25, 0.3) is 22.3 Å². The Morgan fingerprint density at radius 2 is 1.43 bits per heavy atom. The third-order valence-electron chi connectivity index (χ3n) is 5.81. The first-order valence-corrected chi connectivity index (χ1v) is 10.6. The molecule has 0 unspecified atom stereocenters. The molecule has 3 aromatic carbocycles. The van der Waals surface area contributed by atoms with Gasteiger partial charge >= 0.3 is 0 Å². The van der Waals surface area contributed by atoms with Gasteiger partial charge in [-0.05, 0) is 24.6 Å². The predicted molar refractivity (Wildman–Crippen MR) is 124 cm³/mol. The van der Waals surface area contributed by atoms with Gasteiger partial charge in [0.05, 0.1) is 5.52 Å². The summed E-state index contributed by atoms with van der Waals surface area (Å²) in [6.07, 6.45) is 0. The van der Waals surface area contributed by atoms with E-state index in [1.165, 1.54) is 11.1 Å². The van der Waals surface area contributed by atoms with Crippen LogP contribution in [0.3, 0.4) is 0 Å². The largest absolute Gasteiger partial charge is 0.353 e. The SMILES string of the molecule is Cc1ccc(-c2nc(N3CCN(Cc4ccccc4)CC3)c3ccccc3n2)cc1. The van der Waals surface area contributed by atoms with Gasteiger partial charge in [0, 0.05) is 43.7 Å². The van der Waals surface area contributed by atoms with E-state index in [0.29, 0.717) is 0 Å². The molecule has 0 radical (unpaired) electrons. The fraction of sp³-hybridized carbons (Fsp3) is 0.231. The average Bonchev–Trinajstić information content (AvgIpc) is 2.80. The van der Waals surface area contributed by atoms with E-state index in [1.54, 1.807) is 0 Å². The van der Waals surface area contributed by atoms with Crippen molar-refractivity contribution in [2.75, 3.05) is 31.1 Å². The van der Waals surface area contributed by atoms with Gasteiger partial charge in [-0.1, -0.05) is 72.3 Å². The van der Waals surface area contributed by atoms with E-state index in [2.05, 4.69) is 95.6 Å². The van der Waals surface area contributed by atoms with Crippen LogP contribution in [0.1, 0.15) is 11.1 Å². The van der Waals surface area contributed by atoms with E-state index < -0.39 is 0 Å². The maximum absolute atomic E-state index is 5.03. The molecule has 2 heterocycles. The van der Waals surface area contributed by atoms with Crippen molar-refractivity contribution in [3.63, 3.8) is 0 Å². The number of hydrogen-bond donors (Lipinski definition) is 0. The molecular weight excluding hydrogens is 368 g/mol. The molecule has 0 aliphatic carbocycles. The normalized spacial score (nSPS) is 14.9. The number of aryl methyl sites for hydroxylation is 1. The van der Waals surface area contributed by atoms with Crippen molar-refractivity contribution in [3.8, 4) is 11.4 Å². The summed E-state index contributed by atoms with van der Waals surface area (Å²) in [7, 11) is 0. The number of rotatable bonds is 4. The monoisotopic (exact) mass is 394 g/mol. The summed E-state index contributed by atoms with van der Waals surface area (Å²) in [5.74, 6) is 1.85. The first-order chi connectivity index (χ1) is 14.8. The van der Waals surface area contributed by atoms with Gasteiger partial charge in [-0.2, -0.15) is 0 Å². The number of nitrogens with zero attached hydrogens (tertiary/aromatic N) is 4. The lowest BCUT2D eigenvalue weighted by molar-refractivity contribution is 0.249. The Bertz CT molecular complexity index is 1130. The molecule has 4 aromatic rings. The lowest BCUT2D eigenvalue weighted by Crippen LogP contribution is -2.46. The minimum Gasteiger partial charge on any atom is -0.353 e. The second kappa shape index (κ2) is 8.25. The molecule has 4 nitrogen and oxygen atoms in total. The summed E-state index contributed by atoms with van der Waals surface area (Å²) in [5, 5.41) is 1.13. The summed E-state index contributed by atoms with van der Waals surface area (Å²) < 4.78 is 0. The van der Waals surface area contributed by atoms with Crippen LogP contribution < -0.4 is 4.90 Å². The van der Waals surface area contributed by atoms with E-state index in [-0.39, 0.29) is 0 Å². The maximum atomic E-state index is 5.03. The minimum atomic E-state index is 0.801. The number of hydrogen-bond acceptors (Lipinski definition) is 4. The van der Waals surface area contributed by atoms with Crippen LogP contribution in [0, 0.1) is 6.92 Å². The maximum Gasteiger partial charge on any atom is 0.162 e. The van der Waals surface area contributed by atoms with Crippen LogP contribution in [-0.4, -0.2) is 41.0 Å². The van der Waals surface area contributed by atoms with Crippen LogP contribution in [-0.2, 0) is 6.54 Å². The zero-order valence-electron chi connectivity index (χ0n) is 17.3.